The van der Waals surface area contributed by atoms with Crippen molar-refractivity contribution in [2.75, 3.05) is 112 Å². The van der Waals surface area contributed by atoms with Crippen molar-refractivity contribution >= 4 is 72.6 Å². The van der Waals surface area contributed by atoms with E-state index in [2.05, 4.69) is 32.1 Å². The number of likely N-dealkylation sites (N-methyl/N-ethyl adjacent to an activating group) is 2. The van der Waals surface area contributed by atoms with Gasteiger partial charge in [0.25, 0.3) is 17.7 Å². The van der Waals surface area contributed by atoms with Gasteiger partial charge >= 0.3 is 18.4 Å². The average molecular weight is 1500 g/mol. The Kier molecular flexibility index (Phi) is 28.0. The van der Waals surface area contributed by atoms with E-state index in [4.69, 9.17) is 14.2 Å². The molecule has 0 bridgehead atoms. The number of alkyl halides is 6. The Morgan fingerprint density at radius 3 is 1.89 bits per heavy atom. The Hall–Kier alpha value is -8.13. The first-order valence-electron chi connectivity index (χ1n) is 34.2. The van der Waals surface area contributed by atoms with Gasteiger partial charge in [0.05, 0.1) is 29.5 Å². The minimum Gasteiger partial charge on any atom is -0.446 e. The zero-order valence-electron chi connectivity index (χ0n) is 58.4. The molecule has 558 valence electrons. The Bertz CT molecular complexity index is 4020. The van der Waals surface area contributed by atoms with Crippen molar-refractivity contribution in [1.29, 1.82) is 0 Å². The van der Waals surface area contributed by atoms with E-state index in [0.29, 0.717) is 132 Å². The lowest BCUT2D eigenvalue weighted by atomic mass is 9.72. The number of nitrogens with one attached hydrogen (secondary N) is 1. The molecule has 3 aliphatic heterocycles. The molecule has 0 aromatic heterocycles. The smallest absolute Gasteiger partial charge is 0.416 e. The van der Waals surface area contributed by atoms with Crippen molar-refractivity contribution in [3.8, 4) is 11.1 Å². The monoisotopic (exact) mass is 1500 g/mol. The fourth-order valence-electron chi connectivity index (χ4n) is 14.4. The fraction of sp³-hybridized carbons (Fsp3) is 0.397. The molecule has 3 heterocycles. The largest absolute Gasteiger partial charge is 0.446 e. The summed E-state index contributed by atoms with van der Waals surface area (Å²) < 4.78 is 116. The lowest BCUT2D eigenvalue weighted by Gasteiger charge is -2.44. The molecule has 0 radical (unpaired) electrons. The summed E-state index contributed by atoms with van der Waals surface area (Å²) in [6, 6.07) is 47.1. The van der Waals surface area contributed by atoms with Crippen LogP contribution in [-0.2, 0) is 61.9 Å². The molecule has 11 rings (SSSR count). The number of rotatable bonds is 24. The summed E-state index contributed by atoms with van der Waals surface area (Å²) in [5.41, 5.74) is 2.86. The van der Waals surface area contributed by atoms with Gasteiger partial charge < -0.3 is 43.6 Å². The van der Waals surface area contributed by atoms with Crippen LogP contribution in [0.15, 0.2) is 170 Å². The fourth-order valence-corrected chi connectivity index (χ4v) is 14.4. The second kappa shape index (κ2) is 35.8. The van der Waals surface area contributed by atoms with Gasteiger partial charge in [-0.25, -0.2) is 9.18 Å². The Morgan fingerprint density at radius 1 is 0.606 bits per heavy atom. The first-order chi connectivity index (χ1) is 48.3. The number of anilines is 1. The molecule has 0 unspecified atom stereocenters. The van der Waals surface area contributed by atoms with E-state index in [1.165, 1.54) is 24.3 Å². The number of ether oxygens (including phenoxy) is 3. The highest BCUT2D eigenvalue weighted by molar-refractivity contribution is 5.96. The third kappa shape index (κ3) is 20.1. The third-order valence-corrected chi connectivity index (χ3v) is 20.2. The number of halogens is 10. The van der Waals surface area contributed by atoms with Crippen LogP contribution in [0, 0.1) is 5.82 Å². The average Bonchev–Trinajstić information content (AvgIpc) is 1.55. The van der Waals surface area contributed by atoms with Crippen LogP contribution in [0.1, 0.15) is 109 Å². The molecule has 1 N–H and O–H groups in total. The van der Waals surface area contributed by atoms with Gasteiger partial charge in [-0.1, -0.05) is 109 Å². The summed E-state index contributed by atoms with van der Waals surface area (Å²) in [6.07, 6.45) is -7.16. The normalized spacial score (nSPS) is 17.5. The summed E-state index contributed by atoms with van der Waals surface area (Å²) in [6.45, 7) is 5.55. The van der Waals surface area contributed by atoms with Gasteiger partial charge in [0, 0.05) is 108 Å². The molecule has 5 amide bonds. The summed E-state index contributed by atoms with van der Waals surface area (Å²) in [5, 5.41) is 2.94. The quantitative estimate of drug-likeness (QED) is 0.0577. The molecule has 3 saturated heterocycles. The molecule has 7 aromatic carbocycles. The van der Waals surface area contributed by atoms with Gasteiger partial charge in [0.1, 0.15) is 30.9 Å². The summed E-state index contributed by atoms with van der Waals surface area (Å²) >= 11 is 0. The predicted molar refractivity (Wildman–Crippen MR) is 391 cm³/mol. The van der Waals surface area contributed by atoms with E-state index >= 15 is 0 Å². The molecule has 4 aliphatic rings. The maximum absolute atomic E-state index is 14.3. The SMILES string of the molecule is CN(Cc1ccc(C(=O)N(C)CCCN(C)C(=O)CO[C@H]2Cc3ccccc3C23CCN(CC[C@]2(c4ccc(F)cc4)CN(C(=O)c4cc(C(F)(F)F)cc(C(F)(F)F)c4)CO2)CC3)cc1)Cc1cccc(C(=O)N(C)CCN2CCC(OC(=O)Nc3ccccc3-c3ccccc3)CC2)c1.Cl.Cl.Cl. The minimum absolute atomic E-state index is 0. The van der Waals surface area contributed by atoms with Crippen LogP contribution >= 0.6 is 37.2 Å². The number of hydrogen-bond donors (Lipinski definition) is 1. The number of amides is 5. The van der Waals surface area contributed by atoms with Gasteiger partial charge in [-0.05, 0) is 159 Å². The zero-order chi connectivity index (χ0) is 71.6. The second-order valence-electron chi connectivity index (χ2n) is 27.2. The lowest BCUT2D eigenvalue weighted by molar-refractivity contribution is -0.143. The number of nitrogens with zero attached hydrogens (tertiary/aromatic N) is 7. The van der Waals surface area contributed by atoms with E-state index in [9.17, 15) is 54.7 Å². The van der Waals surface area contributed by atoms with Crippen LogP contribution < -0.4 is 5.32 Å². The number of likely N-dealkylation sites (tertiary alicyclic amines) is 2. The first-order valence-corrected chi connectivity index (χ1v) is 34.2. The lowest BCUT2D eigenvalue weighted by Crippen LogP contribution is -2.50. The van der Waals surface area contributed by atoms with Crippen LogP contribution in [0.25, 0.3) is 11.1 Å². The first kappa shape index (κ1) is 81.5. The molecule has 1 spiro atoms. The number of hydrogen-bond acceptors (Lipinski definition) is 11. The van der Waals surface area contributed by atoms with Crippen molar-refractivity contribution in [3.05, 3.63) is 231 Å². The molecular weight excluding hydrogens is 1420 g/mol. The van der Waals surface area contributed by atoms with Crippen molar-refractivity contribution in [1.82, 2.24) is 34.3 Å². The summed E-state index contributed by atoms with van der Waals surface area (Å²) in [4.78, 5) is 80.5. The summed E-state index contributed by atoms with van der Waals surface area (Å²) in [5.74, 6) is -2.02. The number of carbonyl (C=O) groups is 5. The van der Waals surface area contributed by atoms with Crippen LogP contribution in [0.5, 0.6) is 0 Å². The highest BCUT2D eigenvalue weighted by Crippen LogP contribution is 2.49. The number of para-hydroxylation sites is 1. The molecule has 3 fully saturated rings. The van der Waals surface area contributed by atoms with Gasteiger partial charge in [-0.2, -0.15) is 26.3 Å². The van der Waals surface area contributed by atoms with E-state index < -0.39 is 64.6 Å². The van der Waals surface area contributed by atoms with E-state index in [-0.39, 0.29) is 92.8 Å². The third-order valence-electron chi connectivity index (χ3n) is 20.2. The van der Waals surface area contributed by atoms with Crippen molar-refractivity contribution in [3.63, 3.8) is 0 Å². The molecule has 7 aromatic rings. The predicted octanol–water partition coefficient (Wildman–Crippen LogP) is 14.5. The van der Waals surface area contributed by atoms with Crippen LogP contribution in [-0.4, -0.2) is 183 Å². The number of fused-ring (bicyclic) bond motifs is 2. The molecule has 16 nitrogen and oxygen atoms in total. The molecule has 104 heavy (non-hydrogen) atoms. The van der Waals surface area contributed by atoms with E-state index in [1.54, 1.807) is 28.8 Å². The summed E-state index contributed by atoms with van der Waals surface area (Å²) in [7, 11) is 7.28. The molecule has 2 atom stereocenters. The molecule has 0 saturated carbocycles. The maximum Gasteiger partial charge on any atom is 0.416 e. The van der Waals surface area contributed by atoms with Gasteiger partial charge in [-0.3, -0.25) is 29.4 Å². The number of benzene rings is 7. The Balaban J connectivity index is 0.00000456. The van der Waals surface area contributed by atoms with E-state index in [1.807, 2.05) is 129 Å². The highest BCUT2D eigenvalue weighted by atomic mass is 35.5. The van der Waals surface area contributed by atoms with Gasteiger partial charge in [0.2, 0.25) is 5.91 Å². The number of carbonyl (C=O) groups excluding carboxylic acids is 5. The molecule has 26 heteroatoms. The topological polar surface area (TPSA) is 148 Å². The molecular formula is C78H88Cl3F7N8O8. The van der Waals surface area contributed by atoms with Crippen molar-refractivity contribution in [2.45, 2.75) is 93.6 Å². The van der Waals surface area contributed by atoms with Gasteiger partial charge in [0.15, 0.2) is 0 Å². The highest BCUT2D eigenvalue weighted by Gasteiger charge is 2.50. The number of piperidine rings is 2. The van der Waals surface area contributed by atoms with Crippen molar-refractivity contribution < 1.29 is 68.9 Å². The molecule has 1 aliphatic carbocycles. The Labute approximate surface area is 621 Å². The van der Waals surface area contributed by atoms with E-state index in [0.717, 1.165) is 51.4 Å². The zero-order valence-corrected chi connectivity index (χ0v) is 60.9. The minimum atomic E-state index is -5.15. The van der Waals surface area contributed by atoms with Crippen LogP contribution in [0.3, 0.4) is 0 Å². The maximum atomic E-state index is 14.3. The Morgan fingerprint density at radius 2 is 1.21 bits per heavy atom. The standard InChI is InChI=1S/C78H85F7N8O8.3ClH/c1-87(50-55-14-12-18-59(44-55)72(96)90(4)42-43-91-37-30-65(31-38-91)101-74(98)86-68-21-11-9-19-66(68)56-15-6-5-7-16-56)49-54-22-24-57(25-23-54)71(95)89(3)36-13-35-88(2)70(94)51-99-69-47-58-17-8-10-20-67(58)75(69)32-39-92(40-33-75)41-34-76(61-26-28-64(79)29-27-61)52-93(53-100-76)73(97)60-45-62(77(80,81)82)48-63(46-60)78(83,84)85;;;/h5-12,14-29,44-46,48,65,69H,13,30-43,47,49-53H2,1-4H3,(H,86,98);3*1H/t69-,76+;;;/m0.../s1. The van der Waals surface area contributed by atoms with Crippen LogP contribution in [0.4, 0.5) is 41.2 Å². The van der Waals surface area contributed by atoms with Crippen LogP contribution in [0.2, 0.25) is 0 Å². The second-order valence-corrected chi connectivity index (χ2v) is 27.2. The van der Waals surface area contributed by atoms with Gasteiger partial charge in [-0.15, -0.1) is 37.2 Å². The van der Waals surface area contributed by atoms with Crippen molar-refractivity contribution in [2.24, 2.45) is 0 Å².